The second-order valence-electron chi connectivity index (χ2n) is 17.7. The zero-order chi connectivity index (χ0) is 49.0. The summed E-state index contributed by atoms with van der Waals surface area (Å²) in [5, 5.41) is 43.4. The van der Waals surface area contributed by atoms with Gasteiger partial charge in [-0.2, -0.15) is 21.0 Å². The molecule has 336 valence electrons. The Labute approximate surface area is 419 Å². The number of fused-ring (bicyclic) bond motifs is 2. The summed E-state index contributed by atoms with van der Waals surface area (Å²) in [4.78, 5) is 4.37. The molecule has 1 atom stereocenters. The lowest BCUT2D eigenvalue weighted by Crippen LogP contribution is -2.11. The van der Waals surface area contributed by atoms with E-state index in [1.54, 1.807) is 0 Å². The van der Waals surface area contributed by atoms with Gasteiger partial charge in [0, 0.05) is 40.0 Å². The van der Waals surface area contributed by atoms with E-state index in [9.17, 15) is 21.0 Å². The minimum Gasteiger partial charge on any atom is -0.310 e. The molecule has 0 saturated carbocycles. The largest absolute Gasteiger partial charge is 0.310 e. The molecule has 0 aliphatic heterocycles. The second-order valence-corrected chi connectivity index (χ2v) is 17.7. The number of hydrogen-bond donors (Lipinski definition) is 0. The van der Waals surface area contributed by atoms with Gasteiger partial charge in [-0.25, -0.2) is 0 Å². The van der Waals surface area contributed by atoms with E-state index < -0.39 is 0 Å². The first-order valence-corrected chi connectivity index (χ1v) is 23.8. The van der Waals surface area contributed by atoms with Crippen molar-refractivity contribution in [1.82, 2.24) is 0 Å². The maximum atomic E-state index is 9.81. The van der Waals surface area contributed by atoms with Crippen LogP contribution in [0.2, 0.25) is 0 Å². The Bertz CT molecular complexity index is 3800. The van der Waals surface area contributed by atoms with Crippen molar-refractivity contribution < 1.29 is 0 Å². The highest BCUT2D eigenvalue weighted by Gasteiger charge is 2.25. The molecule has 0 spiro atoms. The molecule has 0 aromatic heterocycles. The fraction of sp³-hybridized carbons (Fsp3) is 0.0303. The van der Waals surface area contributed by atoms with Gasteiger partial charge in [0.2, 0.25) is 0 Å². The first kappa shape index (κ1) is 44.3. The molecule has 1 aliphatic rings. The van der Waals surface area contributed by atoms with Crippen LogP contribution in [0.4, 0.5) is 34.1 Å². The molecule has 6 nitrogen and oxygen atoms in total. The van der Waals surface area contributed by atoms with Gasteiger partial charge in [-0.3, -0.25) is 0 Å². The Morgan fingerprint density at radius 1 is 0.347 bits per heavy atom. The summed E-state index contributed by atoms with van der Waals surface area (Å²) in [6, 6.07) is 80.9. The van der Waals surface area contributed by atoms with E-state index in [0.717, 1.165) is 95.5 Å². The minimum absolute atomic E-state index is 0.147. The van der Waals surface area contributed by atoms with Crippen molar-refractivity contribution in [2.75, 3.05) is 9.80 Å². The van der Waals surface area contributed by atoms with Gasteiger partial charge >= 0.3 is 0 Å². The zero-order valence-electron chi connectivity index (χ0n) is 39.0. The monoisotopic (exact) mass is 918 g/mol. The van der Waals surface area contributed by atoms with Crippen molar-refractivity contribution in [2.24, 2.45) is 0 Å². The van der Waals surface area contributed by atoms with E-state index in [4.69, 9.17) is 0 Å². The average Bonchev–Trinajstić information content (AvgIpc) is 3.46. The van der Waals surface area contributed by atoms with Gasteiger partial charge in [0.25, 0.3) is 0 Å². The molecular formula is C66H42N6. The molecule has 11 rings (SSSR count). The average molecular weight is 919 g/mol. The number of benzene rings is 10. The van der Waals surface area contributed by atoms with Crippen molar-refractivity contribution in [3.63, 3.8) is 0 Å². The van der Waals surface area contributed by atoms with Crippen LogP contribution in [0, 0.1) is 45.3 Å². The van der Waals surface area contributed by atoms with Crippen molar-refractivity contribution in [3.8, 4) is 57.7 Å². The first-order chi connectivity index (χ1) is 35.5. The zero-order valence-corrected chi connectivity index (χ0v) is 39.0. The predicted octanol–water partition coefficient (Wildman–Crippen LogP) is 17.0. The van der Waals surface area contributed by atoms with Crippen LogP contribution in [0.5, 0.6) is 0 Å². The predicted molar refractivity (Wildman–Crippen MR) is 292 cm³/mol. The number of allylic oxidation sites excluding steroid dienone is 4. The van der Waals surface area contributed by atoms with E-state index in [1.807, 2.05) is 103 Å². The SMILES string of the molecule is N#Cc1ccc(N(c2ccc(C#N)cc2)c2ccc3c(-c4ccccc4C4C=CC=CC4)c4cc(N(c5ccc(C#N)cc5)c5ccc(C#N)cc5)ccc4c(-c4ccccc4-c4ccccc4)c3c2)cc1. The molecule has 6 heteroatoms. The van der Waals surface area contributed by atoms with Crippen LogP contribution >= 0.6 is 0 Å². The van der Waals surface area contributed by atoms with Crippen LogP contribution < -0.4 is 9.80 Å². The van der Waals surface area contributed by atoms with E-state index in [0.29, 0.717) is 22.3 Å². The van der Waals surface area contributed by atoms with Crippen LogP contribution in [0.15, 0.2) is 237 Å². The van der Waals surface area contributed by atoms with Gasteiger partial charge < -0.3 is 9.80 Å². The highest BCUT2D eigenvalue weighted by molar-refractivity contribution is 6.24. The molecule has 0 bridgehead atoms. The van der Waals surface area contributed by atoms with E-state index in [1.165, 1.54) is 5.56 Å². The van der Waals surface area contributed by atoms with Gasteiger partial charge in [-0.1, -0.05) is 115 Å². The molecule has 10 aromatic rings. The van der Waals surface area contributed by atoms with Gasteiger partial charge in [-0.15, -0.1) is 0 Å². The lowest BCUT2D eigenvalue weighted by Gasteiger charge is -2.29. The molecule has 1 unspecified atom stereocenters. The Hall–Kier alpha value is -10.2. The normalized spacial score (nSPS) is 12.6. The highest BCUT2D eigenvalue weighted by Crippen LogP contribution is 2.51. The second kappa shape index (κ2) is 19.4. The first-order valence-electron chi connectivity index (χ1n) is 23.8. The number of rotatable bonds is 10. The van der Waals surface area contributed by atoms with Gasteiger partial charge in [0.1, 0.15) is 0 Å². The number of anilines is 6. The third kappa shape index (κ3) is 8.29. The van der Waals surface area contributed by atoms with Crippen LogP contribution in [0.25, 0.3) is 54.9 Å². The van der Waals surface area contributed by atoms with Crippen LogP contribution in [-0.2, 0) is 0 Å². The maximum Gasteiger partial charge on any atom is 0.0991 e. The third-order valence-corrected chi connectivity index (χ3v) is 13.5. The Balaban J connectivity index is 1.27. The molecule has 0 amide bonds. The lowest BCUT2D eigenvalue weighted by atomic mass is 9.80. The summed E-state index contributed by atoms with van der Waals surface area (Å²) >= 11 is 0. The summed E-state index contributed by atoms with van der Waals surface area (Å²) in [5.74, 6) is 0.147. The fourth-order valence-corrected chi connectivity index (χ4v) is 10.1. The van der Waals surface area contributed by atoms with E-state index in [2.05, 4.69) is 168 Å². The van der Waals surface area contributed by atoms with Gasteiger partial charge in [0.05, 0.1) is 46.5 Å². The minimum atomic E-state index is 0.147. The molecule has 0 radical (unpaired) electrons. The van der Waals surface area contributed by atoms with E-state index >= 15 is 0 Å². The number of hydrogen-bond acceptors (Lipinski definition) is 6. The molecule has 1 aliphatic carbocycles. The summed E-state index contributed by atoms with van der Waals surface area (Å²) in [5.41, 5.74) is 15.3. The summed E-state index contributed by atoms with van der Waals surface area (Å²) in [7, 11) is 0. The lowest BCUT2D eigenvalue weighted by molar-refractivity contribution is 0.856. The number of nitrogens with zero attached hydrogens (tertiary/aromatic N) is 6. The molecule has 0 saturated heterocycles. The highest BCUT2D eigenvalue weighted by atomic mass is 15.1. The molecular weight excluding hydrogens is 877 g/mol. The molecule has 0 fully saturated rings. The topological polar surface area (TPSA) is 102 Å². The fourth-order valence-electron chi connectivity index (χ4n) is 10.1. The molecule has 10 aromatic carbocycles. The quantitative estimate of drug-likeness (QED) is 0.127. The Morgan fingerprint density at radius 3 is 1.17 bits per heavy atom. The smallest absolute Gasteiger partial charge is 0.0991 e. The van der Waals surface area contributed by atoms with Crippen LogP contribution in [-0.4, -0.2) is 0 Å². The van der Waals surface area contributed by atoms with Crippen molar-refractivity contribution in [2.45, 2.75) is 12.3 Å². The van der Waals surface area contributed by atoms with Crippen LogP contribution in [0.3, 0.4) is 0 Å². The van der Waals surface area contributed by atoms with Crippen molar-refractivity contribution >= 4 is 55.7 Å². The van der Waals surface area contributed by atoms with Crippen LogP contribution in [0.1, 0.15) is 40.2 Å². The van der Waals surface area contributed by atoms with Crippen molar-refractivity contribution in [3.05, 3.63) is 264 Å². The summed E-state index contributed by atoms with van der Waals surface area (Å²) in [6.07, 6.45) is 9.66. The number of nitriles is 4. The summed E-state index contributed by atoms with van der Waals surface area (Å²) in [6.45, 7) is 0. The van der Waals surface area contributed by atoms with Gasteiger partial charge in [-0.05, 0) is 188 Å². The third-order valence-electron chi connectivity index (χ3n) is 13.5. The van der Waals surface area contributed by atoms with Gasteiger partial charge in [0.15, 0.2) is 0 Å². The Kier molecular flexibility index (Phi) is 11.9. The molecule has 0 N–H and O–H groups in total. The molecule has 0 heterocycles. The Morgan fingerprint density at radius 2 is 0.736 bits per heavy atom. The van der Waals surface area contributed by atoms with Crippen molar-refractivity contribution in [1.29, 1.82) is 21.0 Å². The van der Waals surface area contributed by atoms with E-state index in [-0.39, 0.29) is 5.92 Å². The summed E-state index contributed by atoms with van der Waals surface area (Å²) < 4.78 is 0. The molecule has 72 heavy (non-hydrogen) atoms. The maximum absolute atomic E-state index is 9.81. The standard InChI is InChI=1S/C66H42N6/c67-41-45-19-27-51(28-20-45)71(52-29-21-46(42-68)22-30-52)55-36-38-62-63(39-55)65(59-17-9-7-15-57(59)49-11-3-1-4-12-49)61-37-35-56(40-64(61)66(62)60-18-10-8-16-58(60)50-13-5-2-6-14-50)72(53-31-23-47(43-69)24-32-53)54-33-25-48(44-70)26-34-54/h1-13,15-40,50H,14H2.